The van der Waals surface area contributed by atoms with Crippen LogP contribution in [0, 0.1) is 5.41 Å². The van der Waals surface area contributed by atoms with Crippen molar-refractivity contribution in [3.8, 4) is 0 Å². The van der Waals surface area contributed by atoms with Crippen LogP contribution in [0.2, 0.25) is 0 Å². The van der Waals surface area contributed by atoms with E-state index >= 15 is 0 Å². The maximum atomic E-state index is 12.7. The van der Waals surface area contributed by atoms with Gasteiger partial charge in [-0.25, -0.2) is 4.98 Å². The molecule has 0 bridgehead atoms. The quantitative estimate of drug-likeness (QED) is 0.842. The number of hydrogen-bond donors (Lipinski definition) is 1. The zero-order chi connectivity index (χ0) is 17.9. The first-order chi connectivity index (χ1) is 12.0. The summed E-state index contributed by atoms with van der Waals surface area (Å²) in [5.74, 6) is -0.0101. The van der Waals surface area contributed by atoms with Crippen LogP contribution in [0.25, 0.3) is 0 Å². The highest BCUT2D eigenvalue weighted by molar-refractivity contribution is 5.92. The molecule has 3 rings (SSSR count). The summed E-state index contributed by atoms with van der Waals surface area (Å²) in [5.41, 5.74) is -0.136. The third-order valence-electron chi connectivity index (χ3n) is 5.15. The molecule has 2 fully saturated rings. The Kier molecular flexibility index (Phi) is 5.17. The van der Waals surface area contributed by atoms with Crippen LogP contribution in [0.5, 0.6) is 0 Å². The molecule has 2 amide bonds. The van der Waals surface area contributed by atoms with Gasteiger partial charge in [0.25, 0.3) is 11.5 Å². The fraction of sp³-hybridized carbons (Fsp3) is 0.647. The molecule has 3 heterocycles. The molecule has 1 unspecified atom stereocenters. The van der Waals surface area contributed by atoms with Gasteiger partial charge in [-0.1, -0.05) is 0 Å². The summed E-state index contributed by atoms with van der Waals surface area (Å²) < 4.78 is 5.10. The smallest absolute Gasteiger partial charge is 0.273 e. The Balaban J connectivity index is 1.71. The predicted molar refractivity (Wildman–Crippen MR) is 90.1 cm³/mol. The van der Waals surface area contributed by atoms with Gasteiger partial charge < -0.3 is 19.5 Å². The molecule has 8 heteroatoms. The molecule has 2 aliphatic rings. The minimum atomic E-state index is -0.328. The minimum Gasteiger partial charge on any atom is -0.383 e. The number of nitrogens with one attached hydrogen (secondary N) is 1. The number of methoxy groups -OCH3 is 1. The van der Waals surface area contributed by atoms with Crippen molar-refractivity contribution < 1.29 is 14.3 Å². The Morgan fingerprint density at radius 2 is 2.20 bits per heavy atom. The van der Waals surface area contributed by atoms with Gasteiger partial charge in [0, 0.05) is 51.3 Å². The number of rotatable bonds is 4. The Bertz CT molecular complexity index is 684. The predicted octanol–water partition coefficient (Wildman–Crippen LogP) is 0.261. The summed E-state index contributed by atoms with van der Waals surface area (Å²) in [5, 5.41) is 0. The number of carbonyl (C=O) groups is 2. The summed E-state index contributed by atoms with van der Waals surface area (Å²) in [7, 11) is 1.63. The first-order valence-corrected chi connectivity index (χ1v) is 8.64. The van der Waals surface area contributed by atoms with Gasteiger partial charge in [-0.2, -0.15) is 0 Å². The molecule has 25 heavy (non-hydrogen) atoms. The maximum absolute atomic E-state index is 12.7. The van der Waals surface area contributed by atoms with Crippen LogP contribution in [-0.4, -0.2) is 71.5 Å². The van der Waals surface area contributed by atoms with E-state index in [2.05, 4.69) is 9.97 Å². The first-order valence-electron chi connectivity index (χ1n) is 8.64. The number of H-pyrrole nitrogens is 1. The SMILES string of the molecule is COCCN1CC2(CCCN(C(=O)c3c[nH]c(=O)cn3)C2)CCC1=O. The van der Waals surface area contributed by atoms with E-state index in [0.29, 0.717) is 39.2 Å². The molecular formula is C17H24N4O4. The first kappa shape index (κ1) is 17.6. The van der Waals surface area contributed by atoms with Crippen molar-refractivity contribution in [1.82, 2.24) is 19.8 Å². The molecule has 2 aliphatic heterocycles. The van der Waals surface area contributed by atoms with E-state index in [-0.39, 0.29) is 28.5 Å². The van der Waals surface area contributed by atoms with Crippen LogP contribution in [0.3, 0.4) is 0 Å². The highest BCUT2D eigenvalue weighted by Crippen LogP contribution is 2.39. The van der Waals surface area contributed by atoms with Gasteiger partial charge in [-0.15, -0.1) is 0 Å². The highest BCUT2D eigenvalue weighted by Gasteiger charge is 2.42. The number of nitrogens with zero attached hydrogens (tertiary/aromatic N) is 3. The Morgan fingerprint density at radius 3 is 2.92 bits per heavy atom. The van der Waals surface area contributed by atoms with Crippen LogP contribution in [0.15, 0.2) is 17.2 Å². The van der Waals surface area contributed by atoms with E-state index in [1.807, 2.05) is 4.90 Å². The lowest BCUT2D eigenvalue weighted by Crippen LogP contribution is -2.55. The van der Waals surface area contributed by atoms with Crippen molar-refractivity contribution >= 4 is 11.8 Å². The molecular weight excluding hydrogens is 324 g/mol. The van der Waals surface area contributed by atoms with Gasteiger partial charge in [0.1, 0.15) is 5.69 Å². The van der Waals surface area contributed by atoms with Crippen LogP contribution in [0.4, 0.5) is 0 Å². The summed E-state index contributed by atoms with van der Waals surface area (Å²) in [6, 6.07) is 0. The second-order valence-electron chi connectivity index (χ2n) is 6.93. The number of piperidine rings is 2. The van der Waals surface area contributed by atoms with Crippen LogP contribution in [0.1, 0.15) is 36.2 Å². The molecule has 1 atom stereocenters. The van der Waals surface area contributed by atoms with Gasteiger partial charge in [-0.3, -0.25) is 14.4 Å². The van der Waals surface area contributed by atoms with Crippen molar-refractivity contribution in [3.05, 3.63) is 28.4 Å². The van der Waals surface area contributed by atoms with Gasteiger partial charge in [0.2, 0.25) is 5.91 Å². The largest absolute Gasteiger partial charge is 0.383 e. The van der Waals surface area contributed by atoms with E-state index in [0.717, 1.165) is 25.5 Å². The van der Waals surface area contributed by atoms with Crippen molar-refractivity contribution in [3.63, 3.8) is 0 Å². The zero-order valence-electron chi connectivity index (χ0n) is 14.5. The Morgan fingerprint density at radius 1 is 1.36 bits per heavy atom. The minimum absolute atomic E-state index is 0.0578. The van der Waals surface area contributed by atoms with E-state index in [4.69, 9.17) is 4.74 Å². The summed E-state index contributed by atoms with van der Waals surface area (Å²) in [6.45, 7) is 3.06. The molecule has 1 aromatic heterocycles. The molecule has 0 radical (unpaired) electrons. The van der Waals surface area contributed by atoms with E-state index in [9.17, 15) is 14.4 Å². The van der Waals surface area contributed by atoms with Gasteiger partial charge in [0.15, 0.2) is 0 Å². The number of ether oxygens (including phenoxy) is 1. The van der Waals surface area contributed by atoms with Gasteiger partial charge >= 0.3 is 0 Å². The zero-order valence-corrected chi connectivity index (χ0v) is 14.5. The Hall–Kier alpha value is -2.22. The van der Waals surface area contributed by atoms with Crippen molar-refractivity contribution in [2.24, 2.45) is 5.41 Å². The molecule has 0 aromatic carbocycles. The number of aromatic nitrogens is 2. The second-order valence-corrected chi connectivity index (χ2v) is 6.93. The lowest BCUT2D eigenvalue weighted by Gasteiger charge is -2.48. The molecule has 0 aliphatic carbocycles. The van der Waals surface area contributed by atoms with Gasteiger partial charge in [-0.05, 0) is 19.3 Å². The number of carbonyl (C=O) groups excluding carboxylic acids is 2. The number of amides is 2. The van der Waals surface area contributed by atoms with E-state index < -0.39 is 0 Å². The fourth-order valence-corrected chi connectivity index (χ4v) is 3.84. The molecule has 1 aromatic rings. The lowest BCUT2D eigenvalue weighted by molar-refractivity contribution is -0.139. The number of hydrogen-bond acceptors (Lipinski definition) is 5. The van der Waals surface area contributed by atoms with Crippen molar-refractivity contribution in [2.75, 3.05) is 39.9 Å². The van der Waals surface area contributed by atoms with Gasteiger partial charge in [0.05, 0.1) is 12.8 Å². The summed E-state index contributed by atoms with van der Waals surface area (Å²) in [6.07, 6.45) is 5.72. The van der Waals surface area contributed by atoms with E-state index in [1.165, 1.54) is 6.20 Å². The molecule has 1 N–H and O–H groups in total. The fourth-order valence-electron chi connectivity index (χ4n) is 3.84. The third kappa shape index (κ3) is 3.89. The molecule has 136 valence electrons. The normalized spacial score (nSPS) is 24.0. The lowest BCUT2D eigenvalue weighted by atomic mass is 9.73. The second kappa shape index (κ2) is 7.35. The average molecular weight is 348 g/mol. The Labute approximate surface area is 146 Å². The third-order valence-corrected chi connectivity index (χ3v) is 5.15. The van der Waals surface area contributed by atoms with Crippen molar-refractivity contribution in [2.45, 2.75) is 25.7 Å². The molecule has 2 saturated heterocycles. The molecule has 8 nitrogen and oxygen atoms in total. The summed E-state index contributed by atoms with van der Waals surface area (Å²) in [4.78, 5) is 46.1. The maximum Gasteiger partial charge on any atom is 0.273 e. The monoisotopic (exact) mass is 348 g/mol. The topological polar surface area (TPSA) is 95.6 Å². The number of aromatic amines is 1. The number of likely N-dealkylation sites (tertiary alicyclic amines) is 2. The molecule has 0 saturated carbocycles. The summed E-state index contributed by atoms with van der Waals surface area (Å²) >= 11 is 0. The standard InChI is InChI=1S/C17H24N4O4/c1-25-8-7-20-11-17(5-3-15(20)23)4-2-6-21(12-17)16(24)13-9-19-14(22)10-18-13/h9-10H,2-8,11-12H2,1H3,(H,19,22). The average Bonchev–Trinajstić information content (AvgIpc) is 2.63. The van der Waals surface area contributed by atoms with Crippen molar-refractivity contribution in [1.29, 1.82) is 0 Å². The molecule has 1 spiro atoms. The van der Waals surface area contributed by atoms with E-state index in [1.54, 1.807) is 12.0 Å². The van der Waals surface area contributed by atoms with Crippen LogP contribution in [-0.2, 0) is 9.53 Å². The van der Waals surface area contributed by atoms with Crippen LogP contribution >= 0.6 is 0 Å². The van der Waals surface area contributed by atoms with Crippen LogP contribution < -0.4 is 5.56 Å². The highest BCUT2D eigenvalue weighted by atomic mass is 16.5.